The lowest BCUT2D eigenvalue weighted by molar-refractivity contribution is -0.153. The highest BCUT2D eigenvalue weighted by atomic mass is 16.5. The van der Waals surface area contributed by atoms with E-state index in [4.69, 9.17) is 14.5 Å². The van der Waals surface area contributed by atoms with E-state index < -0.39 is 17.9 Å². The first-order valence-electron chi connectivity index (χ1n) is 11.8. The van der Waals surface area contributed by atoms with Gasteiger partial charge in [0.25, 0.3) is 0 Å². The van der Waals surface area contributed by atoms with E-state index in [0.717, 1.165) is 35.9 Å². The van der Waals surface area contributed by atoms with Gasteiger partial charge in [-0.05, 0) is 50.1 Å². The molecule has 1 aromatic heterocycles. The molecule has 1 aliphatic heterocycles. The third kappa shape index (κ3) is 4.32. The maximum Gasteiger partial charge on any atom is 0.321 e. The van der Waals surface area contributed by atoms with Gasteiger partial charge in [0, 0.05) is 6.54 Å². The van der Waals surface area contributed by atoms with Crippen molar-refractivity contribution in [2.45, 2.75) is 46.1 Å². The number of ether oxygens (including phenoxy) is 2. The van der Waals surface area contributed by atoms with Crippen LogP contribution < -0.4 is 9.64 Å². The van der Waals surface area contributed by atoms with Crippen molar-refractivity contribution in [3.8, 4) is 5.75 Å². The summed E-state index contributed by atoms with van der Waals surface area (Å²) < 4.78 is 13.1. The highest BCUT2D eigenvalue weighted by Gasteiger charge is 2.47. The Labute approximate surface area is 194 Å². The van der Waals surface area contributed by atoms with Crippen LogP contribution in [0.2, 0.25) is 0 Å². The van der Waals surface area contributed by atoms with Crippen molar-refractivity contribution in [1.82, 2.24) is 9.55 Å². The highest BCUT2D eigenvalue weighted by molar-refractivity contribution is 6.08. The van der Waals surface area contributed by atoms with Gasteiger partial charge >= 0.3 is 5.97 Å². The smallest absolute Gasteiger partial charge is 0.321 e. The Morgan fingerprint density at radius 3 is 2.61 bits per heavy atom. The zero-order chi connectivity index (χ0) is 23.4. The molecule has 7 heteroatoms. The summed E-state index contributed by atoms with van der Waals surface area (Å²) in [6, 6.07) is 14.8. The third-order valence-corrected chi connectivity index (χ3v) is 5.98. The number of esters is 1. The van der Waals surface area contributed by atoms with E-state index in [1.165, 1.54) is 0 Å². The first kappa shape index (κ1) is 22.8. The number of amides is 1. The second kappa shape index (κ2) is 10.1. The Bertz CT molecular complexity index is 1140. The second-order valence-electron chi connectivity index (χ2n) is 8.15. The van der Waals surface area contributed by atoms with Gasteiger partial charge in [-0.15, -0.1) is 0 Å². The molecule has 0 saturated heterocycles. The minimum Gasteiger partial charge on any atom is -0.494 e. The molecular formula is C26H31N3O4. The molecule has 2 atom stereocenters. The van der Waals surface area contributed by atoms with Crippen molar-refractivity contribution in [2.75, 3.05) is 24.7 Å². The van der Waals surface area contributed by atoms with E-state index in [0.29, 0.717) is 24.8 Å². The molecule has 0 bridgehead atoms. The fourth-order valence-electron chi connectivity index (χ4n) is 4.54. The number of hydrogen-bond acceptors (Lipinski definition) is 5. The van der Waals surface area contributed by atoms with E-state index in [1.807, 2.05) is 60.0 Å². The molecule has 0 spiro atoms. The number of carbonyl (C=O) groups excluding carboxylic acids is 2. The second-order valence-corrected chi connectivity index (χ2v) is 8.15. The summed E-state index contributed by atoms with van der Waals surface area (Å²) >= 11 is 0. The molecule has 174 valence electrons. The van der Waals surface area contributed by atoms with Crippen LogP contribution in [-0.4, -0.2) is 41.2 Å². The van der Waals surface area contributed by atoms with Crippen molar-refractivity contribution in [3.63, 3.8) is 0 Å². The fraction of sp³-hybridized carbons (Fsp3) is 0.423. The molecule has 3 aromatic rings. The maximum absolute atomic E-state index is 13.8. The Morgan fingerprint density at radius 2 is 1.85 bits per heavy atom. The Morgan fingerprint density at radius 1 is 1.03 bits per heavy atom. The molecule has 0 fully saturated rings. The lowest BCUT2D eigenvalue weighted by Gasteiger charge is -2.38. The van der Waals surface area contributed by atoms with Crippen LogP contribution >= 0.6 is 0 Å². The van der Waals surface area contributed by atoms with Crippen LogP contribution in [0.25, 0.3) is 11.0 Å². The van der Waals surface area contributed by atoms with E-state index in [1.54, 1.807) is 11.8 Å². The Balaban J connectivity index is 1.93. The minimum atomic E-state index is -1.01. The first-order valence-corrected chi connectivity index (χ1v) is 11.8. The topological polar surface area (TPSA) is 73.7 Å². The summed E-state index contributed by atoms with van der Waals surface area (Å²) in [6.07, 6.45) is 2.87. The summed E-state index contributed by atoms with van der Waals surface area (Å²) in [5, 5.41) is 0. The molecule has 0 unspecified atom stereocenters. The lowest BCUT2D eigenvalue weighted by Crippen LogP contribution is -2.50. The van der Waals surface area contributed by atoms with Gasteiger partial charge in [0.05, 0.1) is 30.3 Å². The fourth-order valence-corrected chi connectivity index (χ4v) is 4.54. The number of para-hydroxylation sites is 2. The van der Waals surface area contributed by atoms with E-state index in [-0.39, 0.29) is 12.5 Å². The van der Waals surface area contributed by atoms with Gasteiger partial charge in [-0.2, -0.15) is 0 Å². The normalized spacial score (nSPS) is 17.8. The standard InChI is InChI=1S/C26H31N3O4/c1-4-7-10-16-28-24(30)22(25(31)33-6-3)23(18-12-11-13-19(17-18)32-5-2)29-21-15-9-8-14-20(21)27-26(28)29/h8-9,11-15,17,22-23H,4-7,10,16H2,1-3H3/t22-,23+/m1/s1. The van der Waals surface area contributed by atoms with E-state index in [2.05, 4.69) is 6.92 Å². The predicted molar refractivity (Wildman–Crippen MR) is 127 cm³/mol. The van der Waals surface area contributed by atoms with Crippen molar-refractivity contribution in [3.05, 3.63) is 54.1 Å². The molecule has 4 rings (SSSR count). The van der Waals surface area contributed by atoms with E-state index in [9.17, 15) is 9.59 Å². The molecule has 2 aromatic carbocycles. The largest absolute Gasteiger partial charge is 0.494 e. The molecule has 0 N–H and O–H groups in total. The predicted octanol–water partition coefficient (Wildman–Crippen LogP) is 4.74. The van der Waals surface area contributed by atoms with Gasteiger partial charge in [0.2, 0.25) is 11.9 Å². The SMILES string of the molecule is CCCCCN1C(=O)[C@H](C(=O)OCC)[C@H](c2cccc(OCC)c2)n2c1nc1ccccc12. The summed E-state index contributed by atoms with van der Waals surface area (Å²) in [5.41, 5.74) is 2.47. The number of unbranched alkanes of at least 4 members (excludes halogenated alkanes) is 2. The van der Waals surface area contributed by atoms with E-state index >= 15 is 0 Å². The average molecular weight is 450 g/mol. The zero-order valence-corrected chi connectivity index (χ0v) is 19.5. The van der Waals surface area contributed by atoms with Crippen LogP contribution in [0.4, 0.5) is 5.95 Å². The van der Waals surface area contributed by atoms with Crippen molar-refractivity contribution >= 4 is 28.9 Å². The van der Waals surface area contributed by atoms with Crippen LogP contribution in [0.3, 0.4) is 0 Å². The molecule has 0 aliphatic carbocycles. The maximum atomic E-state index is 13.8. The Kier molecular flexibility index (Phi) is 6.96. The number of aromatic nitrogens is 2. The number of benzene rings is 2. The molecule has 33 heavy (non-hydrogen) atoms. The molecule has 7 nitrogen and oxygen atoms in total. The first-order chi connectivity index (χ1) is 16.1. The third-order valence-electron chi connectivity index (χ3n) is 5.98. The van der Waals surface area contributed by atoms with Crippen LogP contribution in [0.15, 0.2) is 48.5 Å². The summed E-state index contributed by atoms with van der Waals surface area (Å²) in [7, 11) is 0. The quantitative estimate of drug-likeness (QED) is 0.268. The molecule has 0 radical (unpaired) electrons. The molecule has 0 saturated carbocycles. The summed E-state index contributed by atoms with van der Waals surface area (Å²) in [5.74, 6) is -0.517. The number of imidazole rings is 1. The molecular weight excluding hydrogens is 418 g/mol. The van der Waals surface area contributed by atoms with Gasteiger partial charge in [0.15, 0.2) is 5.92 Å². The number of rotatable bonds is 9. The van der Waals surface area contributed by atoms with Gasteiger partial charge in [-0.25, -0.2) is 4.98 Å². The van der Waals surface area contributed by atoms with Crippen LogP contribution in [0.5, 0.6) is 5.75 Å². The average Bonchev–Trinajstić information content (AvgIpc) is 3.19. The van der Waals surface area contributed by atoms with Crippen LogP contribution in [-0.2, 0) is 14.3 Å². The van der Waals surface area contributed by atoms with Crippen molar-refractivity contribution in [2.24, 2.45) is 5.92 Å². The van der Waals surface area contributed by atoms with Gasteiger partial charge in [0.1, 0.15) is 5.75 Å². The summed E-state index contributed by atoms with van der Waals surface area (Å²) in [4.78, 5) is 33.5. The summed E-state index contributed by atoms with van der Waals surface area (Å²) in [6.45, 7) is 7.05. The molecule has 1 aliphatic rings. The van der Waals surface area contributed by atoms with Gasteiger partial charge in [-0.3, -0.25) is 14.5 Å². The van der Waals surface area contributed by atoms with Gasteiger partial charge < -0.3 is 14.0 Å². The van der Waals surface area contributed by atoms with Crippen LogP contribution in [0.1, 0.15) is 51.6 Å². The number of anilines is 1. The zero-order valence-electron chi connectivity index (χ0n) is 19.5. The van der Waals surface area contributed by atoms with Crippen LogP contribution in [0, 0.1) is 5.92 Å². The van der Waals surface area contributed by atoms with Crippen molar-refractivity contribution < 1.29 is 19.1 Å². The lowest BCUT2D eigenvalue weighted by atomic mass is 9.89. The number of hydrogen-bond donors (Lipinski definition) is 0. The number of nitrogens with zero attached hydrogens (tertiary/aromatic N) is 3. The highest BCUT2D eigenvalue weighted by Crippen LogP contribution is 2.42. The molecule has 1 amide bonds. The Hall–Kier alpha value is -3.35. The molecule has 2 heterocycles. The minimum absolute atomic E-state index is 0.210. The van der Waals surface area contributed by atoms with Crippen molar-refractivity contribution in [1.29, 1.82) is 0 Å². The number of carbonyl (C=O) groups is 2. The monoisotopic (exact) mass is 449 g/mol. The van der Waals surface area contributed by atoms with Gasteiger partial charge in [-0.1, -0.05) is 44.0 Å². The number of fused-ring (bicyclic) bond motifs is 3.